The van der Waals surface area contributed by atoms with Crippen LogP contribution in [0.2, 0.25) is 0 Å². The minimum atomic E-state index is -0.382. The highest BCUT2D eigenvalue weighted by molar-refractivity contribution is 8.26. The minimum Gasteiger partial charge on any atom is -0.343 e. The fraction of sp³-hybridized carbons (Fsp3) is 0.353. The zero-order valence-corrected chi connectivity index (χ0v) is 14.7. The van der Waals surface area contributed by atoms with E-state index in [0.717, 1.165) is 37.7 Å². The molecule has 0 saturated carbocycles. The van der Waals surface area contributed by atoms with Crippen molar-refractivity contribution in [3.05, 3.63) is 40.6 Å². The maximum Gasteiger partial charge on any atom is 0.266 e. The Labute approximate surface area is 149 Å². The van der Waals surface area contributed by atoms with Crippen LogP contribution in [0.5, 0.6) is 0 Å². The van der Waals surface area contributed by atoms with Gasteiger partial charge in [0, 0.05) is 31.6 Å². The molecule has 0 N–H and O–H groups in total. The van der Waals surface area contributed by atoms with Gasteiger partial charge in [-0.3, -0.25) is 14.5 Å². The van der Waals surface area contributed by atoms with Crippen molar-refractivity contribution in [2.45, 2.75) is 19.3 Å². The lowest BCUT2D eigenvalue weighted by molar-refractivity contribution is -0.130. The molecule has 0 unspecified atom stereocenters. The number of likely N-dealkylation sites (tertiary alicyclic amines) is 1. The van der Waals surface area contributed by atoms with Crippen LogP contribution in [0.25, 0.3) is 6.08 Å². The molecule has 2 heterocycles. The molecule has 0 spiro atoms. The van der Waals surface area contributed by atoms with Crippen molar-refractivity contribution in [3.8, 4) is 0 Å². The largest absolute Gasteiger partial charge is 0.343 e. The molecule has 0 aliphatic carbocycles. The van der Waals surface area contributed by atoms with Gasteiger partial charge in [0.15, 0.2) is 0 Å². The van der Waals surface area contributed by atoms with Crippen LogP contribution in [0, 0.1) is 5.82 Å². The first-order valence-electron chi connectivity index (χ1n) is 7.84. The second-order valence-electron chi connectivity index (χ2n) is 5.69. The van der Waals surface area contributed by atoms with Gasteiger partial charge in [0.05, 0.1) is 4.91 Å². The Morgan fingerprint density at radius 3 is 2.71 bits per heavy atom. The van der Waals surface area contributed by atoms with E-state index in [2.05, 4.69) is 0 Å². The molecule has 2 fully saturated rings. The number of nitrogens with zero attached hydrogens (tertiary/aromatic N) is 2. The molecule has 0 aromatic heterocycles. The van der Waals surface area contributed by atoms with Crippen LogP contribution in [0.4, 0.5) is 4.39 Å². The van der Waals surface area contributed by atoms with Gasteiger partial charge in [-0.15, -0.1) is 0 Å². The maximum atomic E-state index is 13.7. The molecule has 2 aliphatic rings. The van der Waals surface area contributed by atoms with Crippen molar-refractivity contribution >= 4 is 46.2 Å². The number of halogens is 1. The van der Waals surface area contributed by atoms with E-state index < -0.39 is 0 Å². The fourth-order valence-electron chi connectivity index (χ4n) is 2.76. The number of amides is 2. The van der Waals surface area contributed by atoms with Gasteiger partial charge in [-0.05, 0) is 25.0 Å². The minimum absolute atomic E-state index is 0.0552. The number of benzene rings is 1. The lowest BCUT2D eigenvalue weighted by atomic mass is 10.2. The molecule has 0 radical (unpaired) electrons. The van der Waals surface area contributed by atoms with E-state index in [4.69, 9.17) is 12.2 Å². The van der Waals surface area contributed by atoms with Gasteiger partial charge in [-0.2, -0.15) is 0 Å². The van der Waals surface area contributed by atoms with E-state index in [1.165, 1.54) is 17.0 Å². The Kier molecular flexibility index (Phi) is 5.30. The van der Waals surface area contributed by atoms with Crippen molar-refractivity contribution in [2.24, 2.45) is 0 Å². The van der Waals surface area contributed by atoms with E-state index in [0.29, 0.717) is 14.8 Å². The molecular formula is C17H17FN2O2S2. The number of thioether (sulfide) groups is 1. The molecule has 1 aromatic carbocycles. The number of carbonyl (C=O) groups is 2. The van der Waals surface area contributed by atoms with E-state index in [1.54, 1.807) is 18.2 Å². The highest BCUT2D eigenvalue weighted by Crippen LogP contribution is 2.33. The fourth-order valence-corrected chi connectivity index (χ4v) is 4.06. The predicted octanol–water partition coefficient (Wildman–Crippen LogP) is 3.04. The van der Waals surface area contributed by atoms with Crippen LogP contribution in [-0.4, -0.2) is 45.6 Å². The Hall–Kier alpha value is -1.73. The summed E-state index contributed by atoms with van der Waals surface area (Å²) in [7, 11) is 0. The summed E-state index contributed by atoms with van der Waals surface area (Å²) in [4.78, 5) is 28.2. The quantitative estimate of drug-likeness (QED) is 0.608. The van der Waals surface area contributed by atoms with Gasteiger partial charge in [-0.1, -0.05) is 42.2 Å². The van der Waals surface area contributed by atoms with Crippen molar-refractivity contribution in [2.75, 3.05) is 19.6 Å². The molecule has 126 valence electrons. The van der Waals surface area contributed by atoms with E-state index >= 15 is 0 Å². The average molecular weight is 364 g/mol. The zero-order valence-electron chi connectivity index (χ0n) is 13.0. The number of hydrogen-bond acceptors (Lipinski definition) is 4. The van der Waals surface area contributed by atoms with Crippen molar-refractivity contribution in [1.29, 1.82) is 0 Å². The summed E-state index contributed by atoms with van der Waals surface area (Å²) in [6, 6.07) is 6.27. The molecule has 0 bridgehead atoms. The summed E-state index contributed by atoms with van der Waals surface area (Å²) in [6.45, 7) is 1.86. The topological polar surface area (TPSA) is 40.6 Å². The molecule has 7 heteroatoms. The van der Waals surface area contributed by atoms with Gasteiger partial charge < -0.3 is 4.90 Å². The van der Waals surface area contributed by atoms with Crippen LogP contribution in [0.15, 0.2) is 29.2 Å². The number of hydrogen-bond donors (Lipinski definition) is 0. The molecule has 2 saturated heterocycles. The summed E-state index contributed by atoms with van der Waals surface area (Å²) in [6.07, 6.45) is 3.85. The third kappa shape index (κ3) is 3.67. The third-order valence-corrected chi connectivity index (χ3v) is 5.45. The molecule has 24 heavy (non-hydrogen) atoms. The molecular weight excluding hydrogens is 347 g/mol. The zero-order chi connectivity index (χ0) is 17.1. The number of carbonyl (C=O) groups excluding carboxylic acids is 2. The van der Waals surface area contributed by atoms with Crippen LogP contribution in [0.3, 0.4) is 0 Å². The van der Waals surface area contributed by atoms with Crippen molar-refractivity contribution < 1.29 is 14.0 Å². The summed E-state index contributed by atoms with van der Waals surface area (Å²) in [5.41, 5.74) is 0.353. The van der Waals surface area contributed by atoms with Gasteiger partial charge in [0.1, 0.15) is 10.1 Å². The van der Waals surface area contributed by atoms with Crippen LogP contribution >= 0.6 is 24.0 Å². The molecule has 1 aromatic rings. The number of rotatable bonds is 4. The smallest absolute Gasteiger partial charge is 0.266 e. The Morgan fingerprint density at radius 1 is 1.29 bits per heavy atom. The highest BCUT2D eigenvalue weighted by Gasteiger charge is 2.32. The number of thiocarbonyl (C=S) groups is 1. The molecule has 4 nitrogen and oxygen atoms in total. The maximum absolute atomic E-state index is 13.7. The van der Waals surface area contributed by atoms with E-state index in [-0.39, 0.29) is 30.6 Å². The summed E-state index contributed by atoms with van der Waals surface area (Å²) in [5.74, 6) is -0.589. The molecule has 0 atom stereocenters. The third-order valence-electron chi connectivity index (χ3n) is 4.07. The highest BCUT2D eigenvalue weighted by atomic mass is 32.2. The van der Waals surface area contributed by atoms with Crippen LogP contribution in [0.1, 0.15) is 24.8 Å². The summed E-state index contributed by atoms with van der Waals surface area (Å²) in [5, 5.41) is 0. The van der Waals surface area contributed by atoms with Crippen LogP contribution < -0.4 is 0 Å². The lowest BCUT2D eigenvalue weighted by Gasteiger charge is -2.18. The van der Waals surface area contributed by atoms with Gasteiger partial charge >= 0.3 is 0 Å². The first-order chi connectivity index (χ1) is 11.6. The van der Waals surface area contributed by atoms with Gasteiger partial charge in [0.2, 0.25) is 5.91 Å². The summed E-state index contributed by atoms with van der Waals surface area (Å²) < 4.78 is 14.1. The second kappa shape index (κ2) is 7.44. The van der Waals surface area contributed by atoms with Gasteiger partial charge in [-0.25, -0.2) is 4.39 Å². The SMILES string of the molecule is O=C(CCN1C(=O)/C(=C\c2ccccc2F)SC1=S)N1CCCC1. The average Bonchev–Trinajstić information content (AvgIpc) is 3.18. The normalized spacial score (nSPS) is 19.6. The molecule has 2 aliphatic heterocycles. The lowest BCUT2D eigenvalue weighted by Crippen LogP contribution is -2.34. The second-order valence-corrected chi connectivity index (χ2v) is 7.37. The molecule has 2 amide bonds. The Balaban J connectivity index is 1.66. The first-order valence-corrected chi connectivity index (χ1v) is 9.06. The van der Waals surface area contributed by atoms with Crippen molar-refractivity contribution in [3.63, 3.8) is 0 Å². The molecule has 3 rings (SSSR count). The summed E-state index contributed by atoms with van der Waals surface area (Å²) >= 11 is 6.39. The van der Waals surface area contributed by atoms with E-state index in [9.17, 15) is 14.0 Å². The van der Waals surface area contributed by atoms with Crippen LogP contribution in [-0.2, 0) is 9.59 Å². The van der Waals surface area contributed by atoms with Crippen molar-refractivity contribution in [1.82, 2.24) is 9.80 Å². The van der Waals surface area contributed by atoms with E-state index in [1.807, 2.05) is 4.90 Å². The monoisotopic (exact) mass is 364 g/mol. The Bertz CT molecular complexity index is 714. The van der Waals surface area contributed by atoms with Gasteiger partial charge in [0.25, 0.3) is 5.91 Å². The first kappa shape index (κ1) is 17.1. The standard InChI is InChI=1S/C17H17FN2O2S2/c18-13-6-2-1-5-12(13)11-14-16(22)20(17(23)24-14)10-7-15(21)19-8-3-4-9-19/h1-2,5-6,11H,3-4,7-10H2/b14-11+. The Morgan fingerprint density at radius 2 is 2.00 bits per heavy atom. The predicted molar refractivity (Wildman–Crippen MR) is 96.7 cm³/mol.